The topological polar surface area (TPSA) is 329 Å². The van der Waals surface area contributed by atoms with Crippen molar-refractivity contribution in [1.29, 1.82) is 0 Å². The third kappa shape index (κ3) is 10.5. The van der Waals surface area contributed by atoms with Crippen molar-refractivity contribution < 1.29 is 103 Å². The molecule has 6 rings (SSSR count). The van der Waals surface area contributed by atoms with Crippen LogP contribution >= 0.6 is 0 Å². The number of ether oxygens (including phenoxy) is 9. The van der Waals surface area contributed by atoms with Gasteiger partial charge in [0.2, 0.25) is 23.8 Å². The number of carbonyl (C=O) groups is 2. The molecule has 0 amide bonds. The summed E-state index contributed by atoms with van der Waals surface area (Å²) in [5.41, 5.74) is -0.123. The van der Waals surface area contributed by atoms with Gasteiger partial charge < -0.3 is 93.0 Å². The Balaban J connectivity index is 1.46. The van der Waals surface area contributed by atoms with Crippen LogP contribution in [-0.2, 0) is 44.4 Å². The van der Waals surface area contributed by atoms with Crippen LogP contribution in [0, 0.1) is 0 Å². The predicted molar refractivity (Wildman–Crippen MR) is 218 cm³/mol. The minimum absolute atomic E-state index is 0.0157. The number of benzene rings is 2. The number of aliphatic hydroxyl groups is 8. The summed E-state index contributed by atoms with van der Waals surface area (Å²) in [5.74, 6) is -3.00. The molecule has 22 nitrogen and oxygen atoms in total. The van der Waals surface area contributed by atoms with Gasteiger partial charge in [-0.1, -0.05) is 11.6 Å². The molecule has 3 fully saturated rings. The molecule has 65 heavy (non-hydrogen) atoms. The maximum absolute atomic E-state index is 14.8. The van der Waals surface area contributed by atoms with Crippen molar-refractivity contribution in [3.63, 3.8) is 0 Å². The number of aliphatic hydroxyl groups excluding tert-OH is 8. The van der Waals surface area contributed by atoms with E-state index in [4.69, 9.17) is 47.0 Å². The van der Waals surface area contributed by atoms with E-state index in [1.165, 1.54) is 26.2 Å². The predicted octanol–water partition coefficient (Wildman–Crippen LogP) is -0.966. The van der Waals surface area contributed by atoms with Crippen LogP contribution in [0.25, 0.3) is 22.3 Å². The van der Waals surface area contributed by atoms with Gasteiger partial charge in [0, 0.05) is 31.0 Å². The van der Waals surface area contributed by atoms with E-state index in [0.717, 1.165) is 25.5 Å². The van der Waals surface area contributed by atoms with E-state index in [1.54, 1.807) is 32.1 Å². The zero-order chi connectivity index (χ0) is 47.6. The zero-order valence-electron chi connectivity index (χ0n) is 36.1. The molecule has 15 atom stereocenters. The Morgan fingerprint density at radius 3 is 1.97 bits per heavy atom. The number of phenols is 1. The lowest BCUT2D eigenvalue weighted by Gasteiger charge is -2.46. The fraction of sp³-hybridized carbons (Fsp3) is 0.558. The average molecular weight is 923 g/mol. The molecule has 6 unspecified atom stereocenters. The summed E-state index contributed by atoms with van der Waals surface area (Å²) in [6.45, 7) is 5.84. The molecule has 1 aromatic heterocycles. The first-order chi connectivity index (χ1) is 30.7. The number of methoxy groups -OCH3 is 1. The first-order valence-corrected chi connectivity index (χ1v) is 20.5. The number of rotatable bonds is 14. The van der Waals surface area contributed by atoms with Gasteiger partial charge in [0.1, 0.15) is 95.9 Å². The van der Waals surface area contributed by atoms with E-state index in [9.17, 15) is 60.3 Å². The number of hydrogen-bond donors (Lipinski definition) is 9. The van der Waals surface area contributed by atoms with Crippen molar-refractivity contribution in [2.45, 2.75) is 133 Å². The quantitative estimate of drug-likeness (QED) is 0.0694. The molecule has 0 spiro atoms. The van der Waals surface area contributed by atoms with Gasteiger partial charge in [0.05, 0.1) is 19.8 Å². The highest BCUT2D eigenvalue weighted by Crippen LogP contribution is 2.42. The number of allylic oxidation sites excluding steroid dienone is 2. The smallest absolute Gasteiger partial charge is 0.303 e. The van der Waals surface area contributed by atoms with Crippen molar-refractivity contribution in [2.24, 2.45) is 0 Å². The van der Waals surface area contributed by atoms with Crippen LogP contribution in [-0.4, -0.2) is 170 Å². The van der Waals surface area contributed by atoms with E-state index >= 15 is 0 Å². The van der Waals surface area contributed by atoms with Gasteiger partial charge in [-0.15, -0.1) is 0 Å². The summed E-state index contributed by atoms with van der Waals surface area (Å²) in [5, 5.41) is 96.5. The van der Waals surface area contributed by atoms with Crippen molar-refractivity contribution in [3.05, 3.63) is 57.8 Å². The van der Waals surface area contributed by atoms with Gasteiger partial charge in [0.15, 0.2) is 18.2 Å². The van der Waals surface area contributed by atoms with Crippen LogP contribution in [0.5, 0.6) is 23.0 Å². The van der Waals surface area contributed by atoms with E-state index in [0.29, 0.717) is 5.75 Å². The molecule has 0 saturated carbocycles. The lowest BCUT2D eigenvalue weighted by Crippen LogP contribution is -2.65. The van der Waals surface area contributed by atoms with Crippen molar-refractivity contribution in [1.82, 2.24) is 0 Å². The molecule has 358 valence electrons. The summed E-state index contributed by atoms with van der Waals surface area (Å²) in [6.07, 6.45) is -23.8. The van der Waals surface area contributed by atoms with Crippen LogP contribution in [0.2, 0.25) is 0 Å². The normalized spacial score (nSPS) is 32.6. The van der Waals surface area contributed by atoms with Crippen LogP contribution in [0.4, 0.5) is 0 Å². The van der Waals surface area contributed by atoms with Crippen LogP contribution < -0.4 is 19.6 Å². The van der Waals surface area contributed by atoms with E-state index in [-0.39, 0.29) is 34.6 Å². The summed E-state index contributed by atoms with van der Waals surface area (Å²) >= 11 is 0. The zero-order valence-corrected chi connectivity index (χ0v) is 36.1. The molecule has 3 aromatic rings. The molecule has 2 aromatic carbocycles. The summed E-state index contributed by atoms with van der Waals surface area (Å²) in [4.78, 5) is 38.7. The van der Waals surface area contributed by atoms with E-state index < -0.39 is 140 Å². The second-order valence-electron chi connectivity index (χ2n) is 16.0. The number of fused-ring (bicyclic) bond motifs is 1. The third-order valence-electron chi connectivity index (χ3n) is 11.0. The Hall–Kier alpha value is -4.95. The second-order valence-corrected chi connectivity index (χ2v) is 16.0. The van der Waals surface area contributed by atoms with E-state index in [2.05, 4.69) is 0 Å². The van der Waals surface area contributed by atoms with E-state index in [1.807, 2.05) is 0 Å². The average Bonchev–Trinajstić information content (AvgIpc) is 3.26. The van der Waals surface area contributed by atoms with Crippen LogP contribution in [0.3, 0.4) is 0 Å². The Bertz CT molecular complexity index is 2240. The number of esters is 2. The SMILES string of the molecule is COc1ccc(-c2oc3c(CC=C(C)C)c(O[C@@H]4OC(CO)[C@@H](O)[C@H](O)C4O)cc(O)c3c(=O)c2O[C@@H]2OC(C)[C@H](OC(C)=O)C(O[C@@H]3OC(COC(C)=O)[C@@H](O)[C@H](O)C3O)[C@@H]2O)cc1. The van der Waals surface area contributed by atoms with Gasteiger partial charge in [-0.3, -0.25) is 14.4 Å². The molecule has 3 saturated heterocycles. The molecular formula is C43H54O22. The monoisotopic (exact) mass is 922 g/mol. The Labute approximate surface area is 370 Å². The summed E-state index contributed by atoms with van der Waals surface area (Å²) < 4.78 is 57.5. The molecule has 0 bridgehead atoms. The van der Waals surface area contributed by atoms with Gasteiger partial charge in [-0.05, 0) is 51.5 Å². The van der Waals surface area contributed by atoms with Crippen molar-refractivity contribution in [3.8, 4) is 34.3 Å². The number of phenolic OH excluding ortho intramolecular Hbond substituents is 1. The highest BCUT2D eigenvalue weighted by Gasteiger charge is 2.53. The fourth-order valence-corrected chi connectivity index (χ4v) is 7.53. The third-order valence-corrected chi connectivity index (χ3v) is 11.0. The van der Waals surface area contributed by atoms with Crippen LogP contribution in [0.15, 0.2) is 51.2 Å². The molecular weight excluding hydrogens is 868 g/mol. The van der Waals surface area contributed by atoms with Crippen molar-refractivity contribution >= 4 is 22.9 Å². The highest BCUT2D eigenvalue weighted by atomic mass is 16.7. The molecule has 4 heterocycles. The number of aromatic hydroxyl groups is 1. The fourth-order valence-electron chi connectivity index (χ4n) is 7.53. The largest absolute Gasteiger partial charge is 0.507 e. The molecule has 0 aliphatic carbocycles. The van der Waals surface area contributed by atoms with Crippen molar-refractivity contribution in [2.75, 3.05) is 20.3 Å². The first kappa shape index (κ1) is 49.5. The summed E-state index contributed by atoms with van der Waals surface area (Å²) in [6, 6.07) is 7.14. The van der Waals surface area contributed by atoms with Gasteiger partial charge >= 0.3 is 11.9 Å². The molecule has 3 aliphatic heterocycles. The number of carbonyl (C=O) groups excluding carboxylic acids is 2. The standard InChI is InChI=1S/C43H54O22/c1-16(2)7-12-22-24(60-41-33(53)31(51)28(48)25(14-44)61-41)13-23(47)27-30(50)39(37(63-38(22)27)20-8-10-21(56-6)11-9-20)64-43-35(55)40(36(17(3)58-43)59-19(5)46)65-42-34(54)32(52)29(49)26(62-42)15-57-18(4)45/h7-11,13,17,25-26,28-29,31-36,40-44,47-49,51-55H,12,14-15H2,1-6H3/t17?,25?,26?,28-,29-,31+,32+,33?,34?,35+,36+,40?,41-,42+,43+/m1/s1. The van der Waals surface area contributed by atoms with Gasteiger partial charge in [0.25, 0.3) is 0 Å². The molecule has 22 heteroatoms. The molecule has 3 aliphatic rings. The second kappa shape index (κ2) is 20.7. The molecule has 9 N–H and O–H groups in total. The first-order valence-electron chi connectivity index (χ1n) is 20.5. The lowest BCUT2D eigenvalue weighted by molar-refractivity contribution is -0.351. The Morgan fingerprint density at radius 2 is 1.37 bits per heavy atom. The lowest BCUT2D eigenvalue weighted by atomic mass is 9.97. The summed E-state index contributed by atoms with van der Waals surface area (Å²) in [7, 11) is 1.43. The minimum atomic E-state index is -2.02. The maximum atomic E-state index is 14.8. The maximum Gasteiger partial charge on any atom is 0.303 e. The highest BCUT2D eigenvalue weighted by molar-refractivity contribution is 5.91. The van der Waals surface area contributed by atoms with Gasteiger partial charge in [-0.2, -0.15) is 0 Å². The minimum Gasteiger partial charge on any atom is -0.507 e. The Kier molecular flexibility index (Phi) is 15.8. The molecule has 0 radical (unpaired) electrons. The Morgan fingerprint density at radius 1 is 0.754 bits per heavy atom. The number of hydrogen-bond acceptors (Lipinski definition) is 22. The van der Waals surface area contributed by atoms with Crippen LogP contribution in [0.1, 0.15) is 40.2 Å². The van der Waals surface area contributed by atoms with Gasteiger partial charge in [-0.25, -0.2) is 0 Å².